The first-order chi connectivity index (χ1) is 9.63. The van der Waals surface area contributed by atoms with Gasteiger partial charge in [-0.25, -0.2) is 0 Å². The number of fused-ring (bicyclic) bond motifs is 1. The zero-order valence-electron chi connectivity index (χ0n) is 11.6. The van der Waals surface area contributed by atoms with E-state index >= 15 is 0 Å². The van der Waals surface area contributed by atoms with Crippen LogP contribution in [0.3, 0.4) is 0 Å². The smallest absolute Gasteiger partial charge is 0.255 e. The molecule has 0 fully saturated rings. The number of benzene rings is 2. The number of rotatable bonds is 2. The van der Waals surface area contributed by atoms with Gasteiger partial charge >= 0.3 is 0 Å². The van der Waals surface area contributed by atoms with Crippen molar-refractivity contribution in [3.8, 4) is 0 Å². The van der Waals surface area contributed by atoms with E-state index in [1.807, 2.05) is 67.2 Å². The number of carbonyl (C=O) groups is 1. The number of aromatic nitrogens is 1. The van der Waals surface area contributed by atoms with E-state index in [2.05, 4.69) is 11.4 Å². The molecular weight excluding hydrogens is 248 g/mol. The van der Waals surface area contributed by atoms with Gasteiger partial charge in [0.05, 0.1) is 0 Å². The highest BCUT2D eigenvalue weighted by Crippen LogP contribution is 2.20. The number of anilines is 1. The van der Waals surface area contributed by atoms with Gasteiger partial charge in [0.25, 0.3) is 5.91 Å². The third-order valence-electron chi connectivity index (χ3n) is 3.46. The Balaban J connectivity index is 1.86. The second kappa shape index (κ2) is 4.85. The Morgan fingerprint density at radius 2 is 1.80 bits per heavy atom. The summed E-state index contributed by atoms with van der Waals surface area (Å²) in [6, 6.07) is 15.5. The lowest BCUT2D eigenvalue weighted by atomic mass is 10.1. The van der Waals surface area contributed by atoms with Gasteiger partial charge in [0.15, 0.2) is 0 Å². The number of hydrogen-bond donors (Lipinski definition) is 1. The third kappa shape index (κ3) is 2.30. The molecule has 0 radical (unpaired) electrons. The molecule has 100 valence electrons. The summed E-state index contributed by atoms with van der Waals surface area (Å²) in [6.07, 6.45) is 2.01. The molecule has 1 heterocycles. The minimum Gasteiger partial charge on any atom is -0.350 e. The predicted octanol–water partition coefficient (Wildman–Crippen LogP) is 3.74. The zero-order valence-corrected chi connectivity index (χ0v) is 11.6. The minimum absolute atomic E-state index is 0.0847. The van der Waals surface area contributed by atoms with Crippen LogP contribution in [0.2, 0.25) is 0 Å². The maximum Gasteiger partial charge on any atom is 0.255 e. The van der Waals surface area contributed by atoms with Gasteiger partial charge < -0.3 is 9.88 Å². The monoisotopic (exact) mass is 264 g/mol. The van der Waals surface area contributed by atoms with Crippen molar-refractivity contribution in [1.82, 2.24) is 4.57 Å². The van der Waals surface area contributed by atoms with Crippen molar-refractivity contribution in [1.29, 1.82) is 0 Å². The number of amides is 1. The normalized spacial score (nSPS) is 10.7. The molecule has 3 rings (SSSR count). The molecule has 1 amide bonds. The van der Waals surface area contributed by atoms with Crippen molar-refractivity contribution in [2.75, 3.05) is 5.32 Å². The number of nitrogens with one attached hydrogen (secondary N) is 1. The molecule has 2 aromatic carbocycles. The van der Waals surface area contributed by atoms with E-state index in [1.165, 1.54) is 5.39 Å². The van der Waals surface area contributed by atoms with Gasteiger partial charge in [0, 0.05) is 30.0 Å². The molecule has 0 spiro atoms. The Labute approximate surface area is 117 Å². The standard InChI is InChI=1S/C17H16N2O/c1-12-3-5-14(6-4-12)17(20)18-15-8-7-13-9-10-19(2)16(13)11-15/h3-11H,1-2H3,(H,18,20). The molecule has 1 aromatic heterocycles. The second-order valence-electron chi connectivity index (χ2n) is 5.02. The summed E-state index contributed by atoms with van der Waals surface area (Å²) < 4.78 is 2.04. The van der Waals surface area contributed by atoms with Crippen LogP contribution in [0.15, 0.2) is 54.7 Å². The predicted molar refractivity (Wildman–Crippen MR) is 82.1 cm³/mol. The molecule has 0 saturated carbocycles. The number of aryl methyl sites for hydroxylation is 2. The van der Waals surface area contributed by atoms with E-state index in [4.69, 9.17) is 0 Å². The van der Waals surface area contributed by atoms with Gasteiger partial charge in [0.1, 0.15) is 0 Å². The van der Waals surface area contributed by atoms with E-state index in [-0.39, 0.29) is 5.91 Å². The summed E-state index contributed by atoms with van der Waals surface area (Å²) in [5, 5.41) is 4.10. The van der Waals surface area contributed by atoms with Gasteiger partial charge in [-0.15, -0.1) is 0 Å². The molecule has 0 aliphatic rings. The third-order valence-corrected chi connectivity index (χ3v) is 3.46. The molecule has 0 aliphatic heterocycles. The van der Waals surface area contributed by atoms with Crippen LogP contribution in [-0.4, -0.2) is 10.5 Å². The van der Waals surface area contributed by atoms with Crippen LogP contribution in [0.25, 0.3) is 10.9 Å². The van der Waals surface area contributed by atoms with Crippen LogP contribution in [0.5, 0.6) is 0 Å². The Kier molecular flexibility index (Phi) is 3.03. The summed E-state index contributed by atoms with van der Waals surface area (Å²) in [5.41, 5.74) is 3.73. The SMILES string of the molecule is Cc1ccc(C(=O)Nc2ccc3ccn(C)c3c2)cc1. The van der Waals surface area contributed by atoms with Gasteiger partial charge in [0.2, 0.25) is 0 Å². The lowest BCUT2D eigenvalue weighted by Gasteiger charge is -2.06. The maximum atomic E-state index is 12.2. The van der Waals surface area contributed by atoms with Crippen LogP contribution in [0.4, 0.5) is 5.69 Å². The van der Waals surface area contributed by atoms with Crippen LogP contribution >= 0.6 is 0 Å². The van der Waals surface area contributed by atoms with E-state index in [9.17, 15) is 4.79 Å². The van der Waals surface area contributed by atoms with E-state index < -0.39 is 0 Å². The molecule has 0 saturated heterocycles. The maximum absolute atomic E-state index is 12.2. The highest BCUT2D eigenvalue weighted by atomic mass is 16.1. The molecule has 3 heteroatoms. The Morgan fingerprint density at radius 1 is 1.05 bits per heavy atom. The molecular formula is C17H16N2O. The molecule has 3 nitrogen and oxygen atoms in total. The first-order valence-corrected chi connectivity index (χ1v) is 6.56. The van der Waals surface area contributed by atoms with E-state index in [0.29, 0.717) is 5.56 Å². The van der Waals surface area contributed by atoms with Gasteiger partial charge in [-0.1, -0.05) is 23.8 Å². The second-order valence-corrected chi connectivity index (χ2v) is 5.02. The van der Waals surface area contributed by atoms with Gasteiger partial charge in [-0.2, -0.15) is 0 Å². The summed E-state index contributed by atoms with van der Waals surface area (Å²) in [5.74, 6) is -0.0847. The molecule has 20 heavy (non-hydrogen) atoms. The van der Waals surface area contributed by atoms with E-state index in [1.54, 1.807) is 0 Å². The Hall–Kier alpha value is -2.55. The first kappa shape index (κ1) is 12.5. The number of nitrogens with zero attached hydrogens (tertiary/aromatic N) is 1. The Bertz CT molecular complexity index is 769. The van der Waals surface area contributed by atoms with Crippen molar-refractivity contribution in [3.63, 3.8) is 0 Å². The average Bonchev–Trinajstić information content (AvgIpc) is 2.81. The van der Waals surface area contributed by atoms with Crippen molar-refractivity contribution in [2.24, 2.45) is 7.05 Å². The molecule has 0 atom stereocenters. The fraction of sp³-hybridized carbons (Fsp3) is 0.118. The summed E-state index contributed by atoms with van der Waals surface area (Å²) >= 11 is 0. The van der Waals surface area contributed by atoms with Crippen molar-refractivity contribution < 1.29 is 4.79 Å². The summed E-state index contributed by atoms with van der Waals surface area (Å²) in [4.78, 5) is 12.2. The fourth-order valence-corrected chi connectivity index (χ4v) is 2.25. The average molecular weight is 264 g/mol. The summed E-state index contributed by atoms with van der Waals surface area (Å²) in [7, 11) is 1.99. The van der Waals surface area contributed by atoms with Crippen LogP contribution in [0.1, 0.15) is 15.9 Å². The Morgan fingerprint density at radius 3 is 2.55 bits per heavy atom. The highest BCUT2D eigenvalue weighted by molar-refractivity contribution is 6.05. The lowest BCUT2D eigenvalue weighted by molar-refractivity contribution is 0.102. The number of carbonyl (C=O) groups excluding carboxylic acids is 1. The van der Waals surface area contributed by atoms with Crippen LogP contribution in [-0.2, 0) is 7.05 Å². The van der Waals surface area contributed by atoms with Crippen molar-refractivity contribution in [3.05, 3.63) is 65.9 Å². The molecule has 0 aliphatic carbocycles. The van der Waals surface area contributed by atoms with Gasteiger partial charge in [-0.3, -0.25) is 4.79 Å². The van der Waals surface area contributed by atoms with Crippen molar-refractivity contribution in [2.45, 2.75) is 6.92 Å². The quantitative estimate of drug-likeness (QED) is 0.751. The van der Waals surface area contributed by atoms with Crippen LogP contribution in [0, 0.1) is 6.92 Å². The molecule has 0 bridgehead atoms. The van der Waals surface area contributed by atoms with E-state index in [0.717, 1.165) is 16.8 Å². The molecule has 3 aromatic rings. The fourth-order valence-electron chi connectivity index (χ4n) is 2.25. The van der Waals surface area contributed by atoms with Gasteiger partial charge in [-0.05, 0) is 42.6 Å². The minimum atomic E-state index is -0.0847. The first-order valence-electron chi connectivity index (χ1n) is 6.56. The molecule has 0 unspecified atom stereocenters. The molecule has 1 N–H and O–H groups in total. The zero-order chi connectivity index (χ0) is 14.1. The lowest BCUT2D eigenvalue weighted by Crippen LogP contribution is -2.11. The topological polar surface area (TPSA) is 34.0 Å². The number of hydrogen-bond acceptors (Lipinski definition) is 1. The van der Waals surface area contributed by atoms with Crippen molar-refractivity contribution >= 4 is 22.5 Å². The highest BCUT2D eigenvalue weighted by Gasteiger charge is 2.06. The largest absolute Gasteiger partial charge is 0.350 e. The summed E-state index contributed by atoms with van der Waals surface area (Å²) in [6.45, 7) is 2.00. The van der Waals surface area contributed by atoms with Crippen LogP contribution < -0.4 is 5.32 Å².